The van der Waals surface area contributed by atoms with Gasteiger partial charge in [0.1, 0.15) is 11.9 Å². The van der Waals surface area contributed by atoms with Crippen molar-refractivity contribution in [3.8, 4) is 5.75 Å². The summed E-state index contributed by atoms with van der Waals surface area (Å²) in [6, 6.07) is 13.1. The molecule has 0 saturated heterocycles. The predicted octanol–water partition coefficient (Wildman–Crippen LogP) is 5.10. The van der Waals surface area contributed by atoms with Gasteiger partial charge >= 0.3 is 5.97 Å². The van der Waals surface area contributed by atoms with Gasteiger partial charge in [0, 0.05) is 0 Å². The molecule has 0 bridgehead atoms. The number of esters is 1. The van der Waals surface area contributed by atoms with Crippen LogP contribution in [-0.4, -0.2) is 17.2 Å². The largest absolute Gasteiger partial charge is 0.425 e. The number of benzene rings is 2. The van der Waals surface area contributed by atoms with Gasteiger partial charge < -0.3 is 9.84 Å². The third-order valence-electron chi connectivity index (χ3n) is 3.49. The number of hydrogen-bond acceptors (Lipinski definition) is 3. The Morgan fingerprint density at radius 3 is 2.17 bits per heavy atom. The number of rotatable bonds is 6. The maximum atomic E-state index is 11.2. The summed E-state index contributed by atoms with van der Waals surface area (Å²) in [5, 5.41) is 11.1. The maximum absolute atomic E-state index is 11.2. The summed E-state index contributed by atoms with van der Waals surface area (Å²) >= 11 is 0. The van der Waals surface area contributed by atoms with Crippen LogP contribution in [-0.2, 0) is 4.79 Å². The summed E-state index contributed by atoms with van der Waals surface area (Å²) in [5.41, 5.74) is 0. The van der Waals surface area contributed by atoms with Gasteiger partial charge in [-0.25, -0.2) is 4.79 Å². The van der Waals surface area contributed by atoms with E-state index in [4.69, 9.17) is 9.84 Å². The number of unbranched alkanes of at least 4 members (excludes halogenated alkanes) is 4. The first-order chi connectivity index (χ1) is 11.1. The summed E-state index contributed by atoms with van der Waals surface area (Å²) < 4.78 is 4.99. The molecule has 0 aliphatic heterocycles. The fourth-order valence-corrected chi connectivity index (χ4v) is 2.11. The van der Waals surface area contributed by atoms with Crippen LogP contribution in [0.15, 0.2) is 42.5 Å². The predicted molar refractivity (Wildman–Crippen MR) is 95.7 cm³/mol. The molecule has 1 unspecified atom stereocenters. The van der Waals surface area contributed by atoms with Crippen LogP contribution in [0.3, 0.4) is 0 Å². The Morgan fingerprint density at radius 2 is 1.61 bits per heavy atom. The molecule has 0 fully saturated rings. The maximum Gasteiger partial charge on any atom is 0.340 e. The van der Waals surface area contributed by atoms with Gasteiger partial charge in [-0.1, -0.05) is 76.3 Å². The average molecular weight is 316 g/mol. The average Bonchev–Trinajstić information content (AvgIpc) is 2.56. The molecule has 2 aromatic rings. The number of hydrogen-bond donors (Lipinski definition) is 1. The molecule has 0 saturated carbocycles. The van der Waals surface area contributed by atoms with Crippen LogP contribution in [0.5, 0.6) is 5.75 Å². The molecule has 0 aliphatic rings. The molecule has 1 N–H and O–H groups in total. The van der Waals surface area contributed by atoms with Gasteiger partial charge in [-0.15, -0.1) is 0 Å². The smallest absolute Gasteiger partial charge is 0.340 e. The Hall–Kier alpha value is -1.87. The van der Waals surface area contributed by atoms with Crippen LogP contribution in [0, 0.1) is 0 Å². The van der Waals surface area contributed by atoms with Gasteiger partial charge in [-0.3, -0.25) is 0 Å². The summed E-state index contributed by atoms with van der Waals surface area (Å²) in [5.74, 6) is -0.195. The molecule has 0 aliphatic carbocycles. The first kappa shape index (κ1) is 19.2. The normalized spacial score (nSPS) is 11.5. The quantitative estimate of drug-likeness (QED) is 0.458. The molecule has 0 heterocycles. The summed E-state index contributed by atoms with van der Waals surface area (Å²) in [4.78, 5) is 11.2. The highest BCUT2D eigenvalue weighted by Crippen LogP contribution is 2.20. The second kappa shape index (κ2) is 10.8. The Kier molecular flexibility index (Phi) is 9.00. The SMILES string of the molecule is CC(O)C(=O)Oc1ccc2ccccc2c1.CCCCCCC. The molecule has 0 aromatic heterocycles. The van der Waals surface area contributed by atoms with Crippen molar-refractivity contribution in [3.05, 3.63) is 42.5 Å². The number of ether oxygens (including phenoxy) is 1. The lowest BCUT2D eigenvalue weighted by atomic mass is 10.1. The standard InChI is InChI=1S/C13H12O3.C7H16/c1-9(14)13(15)16-12-7-6-10-4-2-3-5-11(10)8-12;1-3-5-7-6-4-2/h2-9,14H,1H3;3-7H2,1-2H3. The van der Waals surface area contributed by atoms with Crippen LogP contribution in [0.4, 0.5) is 0 Å². The van der Waals surface area contributed by atoms with E-state index in [9.17, 15) is 4.79 Å². The van der Waals surface area contributed by atoms with E-state index in [2.05, 4.69) is 13.8 Å². The van der Waals surface area contributed by atoms with Crippen molar-refractivity contribution in [2.75, 3.05) is 0 Å². The highest BCUT2D eigenvalue weighted by molar-refractivity contribution is 5.85. The van der Waals surface area contributed by atoms with E-state index in [0.717, 1.165) is 10.8 Å². The molecular weight excluding hydrogens is 288 g/mol. The third-order valence-corrected chi connectivity index (χ3v) is 3.49. The highest BCUT2D eigenvalue weighted by atomic mass is 16.5. The van der Waals surface area contributed by atoms with Gasteiger partial charge in [0.15, 0.2) is 0 Å². The number of aliphatic hydroxyl groups excluding tert-OH is 1. The van der Waals surface area contributed by atoms with Crippen LogP contribution in [0.2, 0.25) is 0 Å². The number of carbonyl (C=O) groups is 1. The monoisotopic (exact) mass is 316 g/mol. The van der Waals surface area contributed by atoms with Crippen molar-refractivity contribution < 1.29 is 14.6 Å². The Morgan fingerprint density at radius 1 is 1.00 bits per heavy atom. The zero-order valence-electron chi connectivity index (χ0n) is 14.4. The molecule has 1 atom stereocenters. The fraction of sp³-hybridized carbons (Fsp3) is 0.450. The summed E-state index contributed by atoms with van der Waals surface area (Å²) in [6.07, 6.45) is 5.90. The van der Waals surface area contributed by atoms with E-state index in [1.165, 1.54) is 39.0 Å². The van der Waals surface area contributed by atoms with E-state index in [0.29, 0.717) is 5.75 Å². The van der Waals surface area contributed by atoms with Crippen LogP contribution < -0.4 is 4.74 Å². The summed E-state index contributed by atoms with van der Waals surface area (Å²) in [7, 11) is 0. The van der Waals surface area contributed by atoms with Crippen LogP contribution >= 0.6 is 0 Å². The second-order valence-electron chi connectivity index (χ2n) is 5.67. The van der Waals surface area contributed by atoms with E-state index in [-0.39, 0.29) is 0 Å². The zero-order valence-corrected chi connectivity index (χ0v) is 14.4. The lowest BCUT2D eigenvalue weighted by molar-refractivity contribution is -0.142. The molecule has 2 aromatic carbocycles. The zero-order chi connectivity index (χ0) is 17.1. The van der Waals surface area contributed by atoms with Gasteiger partial charge in [-0.05, 0) is 29.8 Å². The van der Waals surface area contributed by atoms with Crippen LogP contribution in [0.25, 0.3) is 10.8 Å². The first-order valence-electron chi connectivity index (χ1n) is 8.47. The minimum Gasteiger partial charge on any atom is -0.425 e. The Labute approximate surface area is 139 Å². The third kappa shape index (κ3) is 7.29. The van der Waals surface area contributed by atoms with Gasteiger partial charge in [0.05, 0.1) is 0 Å². The summed E-state index contributed by atoms with van der Waals surface area (Å²) in [6.45, 7) is 5.87. The molecule has 2 rings (SSSR count). The van der Waals surface area contributed by atoms with Crippen molar-refractivity contribution in [2.45, 2.75) is 59.0 Å². The van der Waals surface area contributed by atoms with E-state index < -0.39 is 12.1 Å². The van der Waals surface area contributed by atoms with Crippen molar-refractivity contribution >= 4 is 16.7 Å². The minimum atomic E-state index is -1.11. The molecule has 0 radical (unpaired) electrons. The lowest BCUT2D eigenvalue weighted by Crippen LogP contribution is -2.22. The molecule has 126 valence electrons. The molecule has 0 amide bonds. The van der Waals surface area contributed by atoms with Crippen molar-refractivity contribution in [1.82, 2.24) is 0 Å². The van der Waals surface area contributed by atoms with Gasteiger partial charge in [-0.2, -0.15) is 0 Å². The Bertz CT molecular complexity index is 586. The number of aliphatic hydroxyl groups is 1. The first-order valence-corrected chi connectivity index (χ1v) is 8.47. The highest BCUT2D eigenvalue weighted by Gasteiger charge is 2.11. The number of carbonyl (C=O) groups excluding carboxylic acids is 1. The lowest BCUT2D eigenvalue weighted by Gasteiger charge is -2.06. The number of fused-ring (bicyclic) bond motifs is 1. The van der Waals surface area contributed by atoms with Gasteiger partial charge in [0.25, 0.3) is 0 Å². The van der Waals surface area contributed by atoms with Gasteiger partial charge in [0.2, 0.25) is 0 Å². The topological polar surface area (TPSA) is 46.5 Å². The molecule has 23 heavy (non-hydrogen) atoms. The minimum absolute atomic E-state index is 0.449. The fourth-order valence-electron chi connectivity index (χ4n) is 2.11. The van der Waals surface area contributed by atoms with E-state index >= 15 is 0 Å². The Balaban J connectivity index is 0.000000322. The van der Waals surface area contributed by atoms with Crippen molar-refractivity contribution in [2.24, 2.45) is 0 Å². The molecule has 3 nitrogen and oxygen atoms in total. The van der Waals surface area contributed by atoms with E-state index in [1.807, 2.05) is 30.3 Å². The molecule has 0 spiro atoms. The van der Waals surface area contributed by atoms with E-state index in [1.54, 1.807) is 12.1 Å². The van der Waals surface area contributed by atoms with Crippen molar-refractivity contribution in [1.29, 1.82) is 0 Å². The van der Waals surface area contributed by atoms with Crippen LogP contribution in [0.1, 0.15) is 52.9 Å². The second-order valence-corrected chi connectivity index (χ2v) is 5.67. The van der Waals surface area contributed by atoms with Crippen molar-refractivity contribution in [3.63, 3.8) is 0 Å². The molecular formula is C20H28O3. The molecule has 3 heteroatoms.